The van der Waals surface area contributed by atoms with Crippen molar-refractivity contribution in [2.45, 2.75) is 38.8 Å². The molecule has 5 heteroatoms. The van der Waals surface area contributed by atoms with Crippen LogP contribution in [0.4, 0.5) is 5.82 Å². The Kier molecular flexibility index (Phi) is 4.48. The summed E-state index contributed by atoms with van der Waals surface area (Å²) in [5.74, 6) is 2.49. The Bertz CT molecular complexity index is 690. The minimum Gasteiger partial charge on any atom is -0.497 e. The zero-order valence-corrected chi connectivity index (χ0v) is 13.9. The third kappa shape index (κ3) is 3.29. The minimum atomic E-state index is -0.355. The largest absolute Gasteiger partial charge is 0.497 e. The number of hydrogen-bond acceptors (Lipinski definition) is 5. The van der Waals surface area contributed by atoms with Crippen molar-refractivity contribution in [2.75, 3.05) is 18.6 Å². The molecule has 2 heterocycles. The molecule has 0 bridgehead atoms. The maximum absolute atomic E-state index is 10.2. The highest BCUT2D eigenvalue weighted by molar-refractivity contribution is 5.46. The normalized spacial score (nSPS) is 20.8. The average molecular weight is 313 g/mol. The fourth-order valence-electron chi connectivity index (χ4n) is 3.17. The number of aliphatic hydroxyl groups excluding tert-OH is 1. The van der Waals surface area contributed by atoms with Gasteiger partial charge in [0.2, 0.25) is 0 Å². The summed E-state index contributed by atoms with van der Waals surface area (Å²) in [5.41, 5.74) is 2.16. The molecular weight excluding hydrogens is 290 g/mol. The van der Waals surface area contributed by atoms with E-state index < -0.39 is 0 Å². The van der Waals surface area contributed by atoms with Crippen molar-refractivity contribution >= 4 is 5.82 Å². The highest BCUT2D eigenvalue weighted by atomic mass is 16.5. The lowest BCUT2D eigenvalue weighted by Gasteiger charge is -2.26. The van der Waals surface area contributed by atoms with Gasteiger partial charge in [-0.2, -0.15) is 0 Å². The topological polar surface area (TPSA) is 58.5 Å². The van der Waals surface area contributed by atoms with Gasteiger partial charge in [-0.1, -0.05) is 19.1 Å². The van der Waals surface area contributed by atoms with Crippen molar-refractivity contribution < 1.29 is 9.84 Å². The van der Waals surface area contributed by atoms with Crippen molar-refractivity contribution in [3.05, 3.63) is 47.4 Å². The van der Waals surface area contributed by atoms with Crippen LogP contribution in [0.15, 0.2) is 30.3 Å². The van der Waals surface area contributed by atoms with Crippen LogP contribution in [0.1, 0.15) is 36.5 Å². The number of rotatable bonds is 4. The molecule has 2 atom stereocenters. The van der Waals surface area contributed by atoms with E-state index in [2.05, 4.69) is 27.9 Å². The predicted molar refractivity (Wildman–Crippen MR) is 89.9 cm³/mol. The van der Waals surface area contributed by atoms with Gasteiger partial charge in [0.05, 0.1) is 19.3 Å². The second-order valence-corrected chi connectivity index (χ2v) is 5.95. The van der Waals surface area contributed by atoms with Crippen molar-refractivity contribution in [1.29, 1.82) is 0 Å². The molecule has 0 spiro atoms. The van der Waals surface area contributed by atoms with Crippen LogP contribution in [0, 0.1) is 6.92 Å². The monoisotopic (exact) mass is 313 g/mol. The molecule has 23 heavy (non-hydrogen) atoms. The minimum absolute atomic E-state index is 0.0964. The first-order chi connectivity index (χ1) is 11.1. The molecule has 0 aliphatic carbocycles. The number of benzene rings is 1. The maximum Gasteiger partial charge on any atom is 0.133 e. The first kappa shape index (κ1) is 15.7. The van der Waals surface area contributed by atoms with Crippen LogP contribution in [0.25, 0.3) is 0 Å². The molecule has 1 N–H and O–H groups in total. The van der Waals surface area contributed by atoms with Crippen molar-refractivity contribution in [1.82, 2.24) is 9.97 Å². The molecule has 122 valence electrons. The molecule has 2 aromatic rings. The second-order valence-electron chi connectivity index (χ2n) is 5.95. The van der Waals surface area contributed by atoms with E-state index in [-0.39, 0.29) is 12.1 Å². The number of aliphatic hydroxyl groups is 1. The van der Waals surface area contributed by atoms with Crippen LogP contribution in [0.5, 0.6) is 5.75 Å². The Morgan fingerprint density at radius 2 is 2.13 bits per heavy atom. The van der Waals surface area contributed by atoms with E-state index in [0.29, 0.717) is 13.0 Å². The average Bonchev–Trinajstić information content (AvgIpc) is 2.96. The van der Waals surface area contributed by atoms with Gasteiger partial charge in [0, 0.05) is 18.3 Å². The van der Waals surface area contributed by atoms with E-state index >= 15 is 0 Å². The first-order valence-corrected chi connectivity index (χ1v) is 8.04. The number of hydrogen-bond donors (Lipinski definition) is 1. The quantitative estimate of drug-likeness (QED) is 0.940. The highest BCUT2D eigenvalue weighted by Crippen LogP contribution is 2.36. The summed E-state index contributed by atoms with van der Waals surface area (Å²) in [4.78, 5) is 11.2. The van der Waals surface area contributed by atoms with E-state index in [0.717, 1.165) is 35.1 Å². The fourth-order valence-corrected chi connectivity index (χ4v) is 3.17. The van der Waals surface area contributed by atoms with Gasteiger partial charge in [-0.15, -0.1) is 0 Å². The molecule has 1 aromatic carbocycles. The maximum atomic E-state index is 10.2. The molecule has 1 saturated heterocycles. The molecule has 1 aromatic heterocycles. The summed E-state index contributed by atoms with van der Waals surface area (Å²) < 4.78 is 5.33. The molecule has 1 fully saturated rings. The lowest BCUT2D eigenvalue weighted by Crippen LogP contribution is -2.25. The summed E-state index contributed by atoms with van der Waals surface area (Å²) in [5, 5.41) is 10.2. The number of β-amino-alcohol motifs (C(OH)–C–C–N with tert-alkyl or cyclic N) is 1. The Balaban J connectivity index is 1.98. The molecule has 0 saturated carbocycles. The molecule has 1 aliphatic heterocycles. The van der Waals surface area contributed by atoms with Gasteiger partial charge in [-0.3, -0.25) is 0 Å². The highest BCUT2D eigenvalue weighted by Gasteiger charge is 2.33. The Labute approximate surface area is 137 Å². The Hall–Kier alpha value is -2.14. The number of aryl methyl sites for hydroxylation is 2. The van der Waals surface area contributed by atoms with Gasteiger partial charge >= 0.3 is 0 Å². The molecule has 0 unspecified atom stereocenters. The van der Waals surface area contributed by atoms with Crippen LogP contribution in [0.2, 0.25) is 0 Å². The third-order valence-corrected chi connectivity index (χ3v) is 4.29. The smallest absolute Gasteiger partial charge is 0.133 e. The SMILES string of the molecule is CCc1cc(N2C[C@@H](O)C[C@@H]2c2cccc(OC)c2)nc(C)n1. The fraction of sp³-hybridized carbons (Fsp3) is 0.444. The summed E-state index contributed by atoms with van der Waals surface area (Å²) >= 11 is 0. The van der Waals surface area contributed by atoms with E-state index in [1.165, 1.54) is 0 Å². The van der Waals surface area contributed by atoms with Crippen LogP contribution >= 0.6 is 0 Å². The lowest BCUT2D eigenvalue weighted by molar-refractivity contribution is 0.194. The first-order valence-electron chi connectivity index (χ1n) is 8.04. The molecule has 1 aliphatic rings. The summed E-state index contributed by atoms with van der Waals surface area (Å²) in [6.45, 7) is 4.58. The third-order valence-electron chi connectivity index (χ3n) is 4.29. The number of nitrogens with zero attached hydrogens (tertiary/aromatic N) is 3. The van der Waals surface area contributed by atoms with E-state index in [1.807, 2.05) is 31.2 Å². The Morgan fingerprint density at radius 1 is 1.30 bits per heavy atom. The molecule has 3 rings (SSSR count). The zero-order chi connectivity index (χ0) is 16.4. The van der Waals surface area contributed by atoms with Crippen molar-refractivity contribution in [2.24, 2.45) is 0 Å². The standard InChI is InChI=1S/C18H23N3O2/c1-4-14-9-18(20-12(2)19-14)21-11-15(22)10-17(21)13-6-5-7-16(8-13)23-3/h5-9,15,17,22H,4,10-11H2,1-3H3/t15-,17+/m0/s1. The summed E-state index contributed by atoms with van der Waals surface area (Å²) in [6, 6.07) is 10.2. The molecular formula is C18H23N3O2. The summed E-state index contributed by atoms with van der Waals surface area (Å²) in [6.07, 6.45) is 1.21. The van der Waals surface area contributed by atoms with E-state index in [1.54, 1.807) is 7.11 Å². The molecule has 0 amide bonds. The van der Waals surface area contributed by atoms with Gasteiger partial charge in [0.25, 0.3) is 0 Å². The second kappa shape index (κ2) is 6.54. The van der Waals surface area contributed by atoms with E-state index in [4.69, 9.17) is 4.74 Å². The van der Waals surface area contributed by atoms with Crippen LogP contribution in [-0.2, 0) is 6.42 Å². The number of ether oxygens (including phenoxy) is 1. The van der Waals surface area contributed by atoms with Gasteiger partial charge in [0.15, 0.2) is 0 Å². The number of methoxy groups -OCH3 is 1. The van der Waals surface area contributed by atoms with Crippen LogP contribution in [-0.4, -0.2) is 34.8 Å². The number of anilines is 1. The predicted octanol–water partition coefficient (Wildman–Crippen LogP) is 2.67. The van der Waals surface area contributed by atoms with Gasteiger partial charge < -0.3 is 14.7 Å². The molecule has 0 radical (unpaired) electrons. The number of aromatic nitrogens is 2. The molecule has 5 nitrogen and oxygen atoms in total. The lowest BCUT2D eigenvalue weighted by atomic mass is 10.0. The van der Waals surface area contributed by atoms with Gasteiger partial charge in [-0.25, -0.2) is 9.97 Å². The van der Waals surface area contributed by atoms with E-state index in [9.17, 15) is 5.11 Å². The summed E-state index contributed by atoms with van der Waals surface area (Å²) in [7, 11) is 1.67. The van der Waals surface area contributed by atoms with Crippen LogP contribution in [0.3, 0.4) is 0 Å². The van der Waals surface area contributed by atoms with Crippen molar-refractivity contribution in [3.8, 4) is 5.75 Å². The van der Waals surface area contributed by atoms with Crippen LogP contribution < -0.4 is 9.64 Å². The van der Waals surface area contributed by atoms with Gasteiger partial charge in [0.1, 0.15) is 17.4 Å². The van der Waals surface area contributed by atoms with Gasteiger partial charge in [-0.05, 0) is 37.5 Å². The Morgan fingerprint density at radius 3 is 2.87 bits per heavy atom. The zero-order valence-electron chi connectivity index (χ0n) is 13.9. The van der Waals surface area contributed by atoms with Crippen molar-refractivity contribution in [3.63, 3.8) is 0 Å².